The van der Waals surface area contributed by atoms with Gasteiger partial charge in [-0.25, -0.2) is 0 Å². The molecule has 104 valence electrons. The van der Waals surface area contributed by atoms with Crippen LogP contribution in [0.2, 0.25) is 0 Å². The lowest BCUT2D eigenvalue weighted by Crippen LogP contribution is -2.29. The van der Waals surface area contributed by atoms with E-state index in [0.29, 0.717) is 12.1 Å². The molecule has 1 aliphatic heterocycles. The first-order valence-electron chi connectivity index (χ1n) is 6.97. The van der Waals surface area contributed by atoms with Gasteiger partial charge >= 0.3 is 0 Å². The van der Waals surface area contributed by atoms with Crippen LogP contribution in [-0.2, 0) is 0 Å². The molecule has 2 nitrogen and oxygen atoms in total. The molecule has 3 heteroatoms. The van der Waals surface area contributed by atoms with Gasteiger partial charge in [-0.2, -0.15) is 0 Å². The lowest BCUT2D eigenvalue weighted by atomic mass is 9.98. The number of ether oxygens (including phenoxy) is 1. The molecular weight excluding hydrogens is 361 g/mol. The molecule has 0 bridgehead atoms. The lowest BCUT2D eigenvalue weighted by Gasteiger charge is -2.29. The van der Waals surface area contributed by atoms with Gasteiger partial charge in [0, 0.05) is 27.6 Å². The highest BCUT2D eigenvalue weighted by Gasteiger charge is 2.22. The molecular formula is C17H18INO. The summed E-state index contributed by atoms with van der Waals surface area (Å²) in [4.78, 5) is 0. The number of rotatable bonds is 3. The Balaban J connectivity index is 1.77. The van der Waals surface area contributed by atoms with Crippen molar-refractivity contribution in [2.45, 2.75) is 25.4 Å². The maximum absolute atomic E-state index is 5.72. The Hall–Kier alpha value is -1.07. The third-order valence-corrected chi connectivity index (χ3v) is 4.50. The van der Waals surface area contributed by atoms with Crippen molar-refractivity contribution in [1.82, 2.24) is 5.32 Å². The molecule has 2 aromatic carbocycles. The van der Waals surface area contributed by atoms with Gasteiger partial charge in [0.15, 0.2) is 0 Å². The molecule has 2 atom stereocenters. The predicted octanol–water partition coefficient (Wildman–Crippen LogP) is 4.47. The van der Waals surface area contributed by atoms with E-state index in [1.165, 1.54) is 14.7 Å². The summed E-state index contributed by atoms with van der Waals surface area (Å²) in [5.74, 6) is 1.02. The van der Waals surface area contributed by atoms with Crippen LogP contribution >= 0.6 is 22.6 Å². The zero-order valence-electron chi connectivity index (χ0n) is 11.5. The standard InChI is InChI=1S/C17H18INO/c1-12(13-6-8-14(18)9-7-13)19-16-10-11-20-17-5-3-2-4-15(16)17/h2-9,12,16,19H,10-11H2,1H3. The quantitative estimate of drug-likeness (QED) is 0.795. The molecule has 0 fully saturated rings. The Morgan fingerprint density at radius 2 is 1.90 bits per heavy atom. The van der Waals surface area contributed by atoms with Crippen LogP contribution in [0.4, 0.5) is 0 Å². The maximum atomic E-state index is 5.72. The molecule has 1 N–H and O–H groups in total. The summed E-state index contributed by atoms with van der Waals surface area (Å²) in [5.41, 5.74) is 2.60. The lowest BCUT2D eigenvalue weighted by molar-refractivity contribution is 0.246. The Morgan fingerprint density at radius 1 is 1.15 bits per heavy atom. The maximum Gasteiger partial charge on any atom is 0.124 e. The van der Waals surface area contributed by atoms with Crippen molar-refractivity contribution >= 4 is 22.6 Å². The summed E-state index contributed by atoms with van der Waals surface area (Å²) >= 11 is 2.34. The monoisotopic (exact) mass is 379 g/mol. The first kappa shape index (κ1) is 13.9. The predicted molar refractivity (Wildman–Crippen MR) is 90.0 cm³/mol. The van der Waals surface area contributed by atoms with Gasteiger partial charge in [-0.3, -0.25) is 0 Å². The fourth-order valence-electron chi connectivity index (χ4n) is 2.66. The second-order valence-corrected chi connectivity index (χ2v) is 6.41. The topological polar surface area (TPSA) is 21.3 Å². The molecule has 1 aliphatic rings. The first-order valence-corrected chi connectivity index (χ1v) is 8.05. The summed E-state index contributed by atoms with van der Waals surface area (Å²) in [6.07, 6.45) is 1.02. The molecule has 0 spiro atoms. The molecule has 2 unspecified atom stereocenters. The average Bonchev–Trinajstić information content (AvgIpc) is 2.48. The molecule has 3 rings (SSSR count). The van der Waals surface area contributed by atoms with E-state index in [1.807, 2.05) is 6.07 Å². The van der Waals surface area contributed by atoms with Gasteiger partial charge in [-0.15, -0.1) is 0 Å². The molecule has 0 aromatic heterocycles. The van der Waals surface area contributed by atoms with Crippen molar-refractivity contribution < 1.29 is 4.74 Å². The molecule has 0 saturated carbocycles. The minimum Gasteiger partial charge on any atom is -0.493 e. The SMILES string of the molecule is CC(NC1CCOc2ccccc21)c1ccc(I)cc1. The Kier molecular flexibility index (Phi) is 4.27. The van der Waals surface area contributed by atoms with Crippen molar-refractivity contribution in [1.29, 1.82) is 0 Å². The van der Waals surface area contributed by atoms with Gasteiger partial charge in [0.1, 0.15) is 5.75 Å². The van der Waals surface area contributed by atoms with Crippen LogP contribution in [0.5, 0.6) is 5.75 Å². The number of nitrogens with one attached hydrogen (secondary N) is 1. The van der Waals surface area contributed by atoms with Gasteiger partial charge in [0.2, 0.25) is 0 Å². The minimum atomic E-state index is 0.336. The van der Waals surface area contributed by atoms with Crippen molar-refractivity contribution in [3.63, 3.8) is 0 Å². The third kappa shape index (κ3) is 2.99. The normalized spacial score (nSPS) is 19.0. The molecule has 1 heterocycles. The van der Waals surface area contributed by atoms with Crippen molar-refractivity contribution in [3.8, 4) is 5.75 Å². The van der Waals surface area contributed by atoms with Crippen LogP contribution in [0.3, 0.4) is 0 Å². The largest absolute Gasteiger partial charge is 0.493 e. The third-order valence-electron chi connectivity index (χ3n) is 3.78. The summed E-state index contributed by atoms with van der Waals surface area (Å²) in [5, 5.41) is 3.73. The zero-order chi connectivity index (χ0) is 13.9. The average molecular weight is 379 g/mol. The number of fused-ring (bicyclic) bond motifs is 1. The fourth-order valence-corrected chi connectivity index (χ4v) is 3.02. The first-order chi connectivity index (χ1) is 9.74. The van der Waals surface area contributed by atoms with E-state index in [4.69, 9.17) is 4.74 Å². The van der Waals surface area contributed by atoms with Crippen LogP contribution in [0.25, 0.3) is 0 Å². The van der Waals surface area contributed by atoms with E-state index >= 15 is 0 Å². The molecule has 2 aromatic rings. The van der Waals surface area contributed by atoms with E-state index in [1.54, 1.807) is 0 Å². The van der Waals surface area contributed by atoms with Crippen LogP contribution in [0, 0.1) is 3.57 Å². The minimum absolute atomic E-state index is 0.336. The second kappa shape index (κ2) is 6.14. The van der Waals surface area contributed by atoms with Crippen molar-refractivity contribution in [3.05, 3.63) is 63.2 Å². The van der Waals surface area contributed by atoms with Gasteiger partial charge in [-0.05, 0) is 53.3 Å². The number of hydrogen-bond acceptors (Lipinski definition) is 2. The molecule has 0 aliphatic carbocycles. The fraction of sp³-hybridized carbons (Fsp3) is 0.294. The van der Waals surface area contributed by atoms with Crippen molar-refractivity contribution in [2.24, 2.45) is 0 Å². The van der Waals surface area contributed by atoms with Gasteiger partial charge < -0.3 is 10.1 Å². The Morgan fingerprint density at radius 3 is 2.70 bits per heavy atom. The van der Waals surface area contributed by atoms with E-state index in [2.05, 4.69) is 77.3 Å². The Labute approximate surface area is 133 Å². The number of hydrogen-bond donors (Lipinski definition) is 1. The van der Waals surface area contributed by atoms with Crippen LogP contribution in [-0.4, -0.2) is 6.61 Å². The highest BCUT2D eigenvalue weighted by molar-refractivity contribution is 14.1. The zero-order valence-corrected chi connectivity index (χ0v) is 13.6. The summed E-state index contributed by atoms with van der Waals surface area (Å²) < 4.78 is 6.99. The van der Waals surface area contributed by atoms with Gasteiger partial charge in [0.25, 0.3) is 0 Å². The second-order valence-electron chi connectivity index (χ2n) is 5.17. The van der Waals surface area contributed by atoms with E-state index in [-0.39, 0.29) is 0 Å². The number of benzene rings is 2. The Bertz CT molecular complexity index is 582. The summed E-state index contributed by atoms with van der Waals surface area (Å²) in [7, 11) is 0. The highest BCUT2D eigenvalue weighted by atomic mass is 127. The van der Waals surface area contributed by atoms with Crippen LogP contribution < -0.4 is 10.1 Å². The highest BCUT2D eigenvalue weighted by Crippen LogP contribution is 2.33. The number of para-hydroxylation sites is 1. The van der Waals surface area contributed by atoms with E-state index < -0.39 is 0 Å². The summed E-state index contributed by atoms with van der Waals surface area (Å²) in [6.45, 7) is 3.01. The van der Waals surface area contributed by atoms with Crippen LogP contribution in [0.1, 0.15) is 36.6 Å². The molecule has 0 saturated heterocycles. The van der Waals surface area contributed by atoms with E-state index in [9.17, 15) is 0 Å². The van der Waals surface area contributed by atoms with Gasteiger partial charge in [-0.1, -0.05) is 30.3 Å². The molecule has 0 amide bonds. The molecule has 20 heavy (non-hydrogen) atoms. The smallest absolute Gasteiger partial charge is 0.124 e. The van der Waals surface area contributed by atoms with Gasteiger partial charge in [0.05, 0.1) is 6.61 Å². The number of halogens is 1. The van der Waals surface area contributed by atoms with Crippen LogP contribution in [0.15, 0.2) is 48.5 Å². The van der Waals surface area contributed by atoms with E-state index in [0.717, 1.165) is 18.8 Å². The summed E-state index contributed by atoms with van der Waals surface area (Å²) in [6, 6.07) is 17.7. The molecule has 0 radical (unpaired) electrons. The van der Waals surface area contributed by atoms with Crippen molar-refractivity contribution in [2.75, 3.05) is 6.61 Å².